The van der Waals surface area contributed by atoms with E-state index in [1.807, 2.05) is 42.5 Å². The second-order valence-corrected chi connectivity index (χ2v) is 5.85. The van der Waals surface area contributed by atoms with Crippen LogP contribution in [0.5, 0.6) is 5.75 Å². The molecule has 1 aromatic heterocycles. The van der Waals surface area contributed by atoms with E-state index in [2.05, 4.69) is 23.4 Å². The Hall–Kier alpha value is -2.00. The molecule has 0 N–H and O–H groups in total. The lowest BCUT2D eigenvalue weighted by Gasteiger charge is -2.09. The van der Waals surface area contributed by atoms with Crippen LogP contribution in [0.1, 0.15) is 24.7 Å². The lowest BCUT2D eigenvalue weighted by molar-refractivity contribution is 0.290. The van der Waals surface area contributed by atoms with Crippen LogP contribution in [0.25, 0.3) is 11.0 Å². The number of aryl methyl sites for hydroxylation is 2. The number of imidazole rings is 1. The Labute approximate surface area is 135 Å². The molecule has 0 aliphatic heterocycles. The maximum absolute atomic E-state index is 6.12. The van der Waals surface area contributed by atoms with Gasteiger partial charge in [0.15, 0.2) is 0 Å². The number of ether oxygens (including phenoxy) is 1. The lowest BCUT2D eigenvalue weighted by atomic mass is 10.2. The van der Waals surface area contributed by atoms with Gasteiger partial charge >= 0.3 is 0 Å². The van der Waals surface area contributed by atoms with E-state index in [9.17, 15) is 0 Å². The van der Waals surface area contributed by atoms with Crippen molar-refractivity contribution >= 4 is 22.6 Å². The smallest absolute Gasteiger partial charge is 0.147 e. The molecule has 114 valence electrons. The van der Waals surface area contributed by atoms with E-state index in [0.29, 0.717) is 6.61 Å². The second kappa shape index (κ2) is 6.41. The molecule has 0 radical (unpaired) electrons. The van der Waals surface area contributed by atoms with Crippen LogP contribution in [0.3, 0.4) is 0 Å². The number of aromatic nitrogens is 2. The predicted molar refractivity (Wildman–Crippen MR) is 90.5 cm³/mol. The summed E-state index contributed by atoms with van der Waals surface area (Å²) in [4.78, 5) is 4.68. The first kappa shape index (κ1) is 14.9. The van der Waals surface area contributed by atoms with Crippen molar-refractivity contribution in [3.63, 3.8) is 0 Å². The van der Waals surface area contributed by atoms with Gasteiger partial charge in [0.25, 0.3) is 0 Å². The minimum Gasteiger partial charge on any atom is -0.486 e. The van der Waals surface area contributed by atoms with Gasteiger partial charge in [0, 0.05) is 11.6 Å². The van der Waals surface area contributed by atoms with Crippen LogP contribution < -0.4 is 4.74 Å². The third kappa shape index (κ3) is 3.09. The highest BCUT2D eigenvalue weighted by atomic mass is 35.5. The molecule has 1 heterocycles. The molecule has 3 rings (SSSR count). The Morgan fingerprint density at radius 2 is 1.91 bits per heavy atom. The second-order valence-electron chi connectivity index (χ2n) is 5.41. The quantitative estimate of drug-likeness (QED) is 0.663. The average Bonchev–Trinajstić information content (AvgIpc) is 2.85. The van der Waals surface area contributed by atoms with Crippen molar-refractivity contribution in [1.29, 1.82) is 0 Å². The highest BCUT2D eigenvalue weighted by Crippen LogP contribution is 2.22. The molecule has 0 saturated heterocycles. The van der Waals surface area contributed by atoms with Crippen molar-refractivity contribution in [2.45, 2.75) is 33.4 Å². The highest BCUT2D eigenvalue weighted by Gasteiger charge is 2.11. The summed E-state index contributed by atoms with van der Waals surface area (Å²) in [6.45, 7) is 5.58. The largest absolute Gasteiger partial charge is 0.486 e. The summed E-state index contributed by atoms with van der Waals surface area (Å²) in [5.74, 6) is 1.79. The molecule has 0 unspecified atom stereocenters. The van der Waals surface area contributed by atoms with Crippen molar-refractivity contribution in [2.75, 3.05) is 0 Å². The standard InChI is InChI=1S/C18H19ClN2O/c1-3-10-21-17-11-14(19)6-9-16(17)20-18(21)12-22-15-7-4-13(2)5-8-15/h4-9,11H,3,10,12H2,1-2H3. The molecule has 3 aromatic rings. The van der Waals surface area contributed by atoms with E-state index in [1.165, 1.54) is 5.56 Å². The molecular weight excluding hydrogens is 296 g/mol. The molecule has 0 aliphatic carbocycles. The Balaban J connectivity index is 1.88. The maximum atomic E-state index is 6.12. The molecule has 0 bridgehead atoms. The van der Waals surface area contributed by atoms with Gasteiger partial charge in [0.05, 0.1) is 11.0 Å². The molecule has 0 aliphatic rings. The molecular formula is C18H19ClN2O. The zero-order valence-electron chi connectivity index (χ0n) is 12.8. The normalized spacial score (nSPS) is 11.0. The van der Waals surface area contributed by atoms with Crippen LogP contribution in [-0.4, -0.2) is 9.55 Å². The summed E-state index contributed by atoms with van der Waals surface area (Å²) in [6.07, 6.45) is 1.04. The van der Waals surface area contributed by atoms with Crippen molar-refractivity contribution in [3.8, 4) is 5.75 Å². The first-order valence-electron chi connectivity index (χ1n) is 7.51. The van der Waals surface area contributed by atoms with Gasteiger partial charge in [-0.3, -0.25) is 0 Å². The molecule has 2 aromatic carbocycles. The first-order chi connectivity index (χ1) is 10.7. The summed E-state index contributed by atoms with van der Waals surface area (Å²) in [6, 6.07) is 13.9. The van der Waals surface area contributed by atoms with Gasteiger partial charge in [0.1, 0.15) is 18.2 Å². The summed E-state index contributed by atoms with van der Waals surface area (Å²) in [7, 11) is 0. The Morgan fingerprint density at radius 3 is 2.64 bits per heavy atom. The van der Waals surface area contributed by atoms with Gasteiger partial charge in [0.2, 0.25) is 0 Å². The molecule has 0 atom stereocenters. The third-order valence-electron chi connectivity index (χ3n) is 3.63. The Morgan fingerprint density at radius 1 is 1.14 bits per heavy atom. The zero-order chi connectivity index (χ0) is 15.5. The number of nitrogens with zero attached hydrogens (tertiary/aromatic N) is 2. The van der Waals surface area contributed by atoms with Crippen molar-refractivity contribution in [3.05, 3.63) is 58.9 Å². The number of hydrogen-bond acceptors (Lipinski definition) is 2. The number of fused-ring (bicyclic) bond motifs is 1. The van der Waals surface area contributed by atoms with E-state index in [4.69, 9.17) is 16.3 Å². The number of halogens is 1. The van der Waals surface area contributed by atoms with E-state index >= 15 is 0 Å². The summed E-state index contributed by atoms with van der Waals surface area (Å²) < 4.78 is 8.07. The topological polar surface area (TPSA) is 27.1 Å². The molecule has 3 nitrogen and oxygen atoms in total. The molecule has 0 fully saturated rings. The minimum absolute atomic E-state index is 0.454. The van der Waals surface area contributed by atoms with Crippen molar-refractivity contribution in [2.24, 2.45) is 0 Å². The number of benzene rings is 2. The minimum atomic E-state index is 0.454. The molecule has 22 heavy (non-hydrogen) atoms. The lowest BCUT2D eigenvalue weighted by Crippen LogP contribution is -2.07. The number of rotatable bonds is 5. The third-order valence-corrected chi connectivity index (χ3v) is 3.86. The van der Waals surface area contributed by atoms with Gasteiger partial charge in [-0.1, -0.05) is 36.2 Å². The van der Waals surface area contributed by atoms with E-state index in [1.54, 1.807) is 0 Å². The fraction of sp³-hybridized carbons (Fsp3) is 0.278. The highest BCUT2D eigenvalue weighted by molar-refractivity contribution is 6.31. The van der Waals surface area contributed by atoms with Crippen LogP contribution in [0, 0.1) is 6.92 Å². The first-order valence-corrected chi connectivity index (χ1v) is 7.89. The SMILES string of the molecule is CCCn1c(COc2ccc(C)cc2)nc2ccc(Cl)cc21. The summed E-state index contributed by atoms with van der Waals surface area (Å²) in [5.41, 5.74) is 3.25. The Bertz CT molecular complexity index is 778. The van der Waals surface area contributed by atoms with Crippen LogP contribution in [-0.2, 0) is 13.2 Å². The maximum Gasteiger partial charge on any atom is 0.147 e. The molecule has 0 amide bonds. The molecule has 0 spiro atoms. The average molecular weight is 315 g/mol. The van der Waals surface area contributed by atoms with Gasteiger partial charge in [-0.25, -0.2) is 4.98 Å². The number of hydrogen-bond donors (Lipinski definition) is 0. The zero-order valence-corrected chi connectivity index (χ0v) is 13.6. The molecule has 4 heteroatoms. The fourth-order valence-electron chi connectivity index (χ4n) is 2.51. The van der Waals surface area contributed by atoms with E-state index in [-0.39, 0.29) is 0 Å². The molecule has 0 saturated carbocycles. The van der Waals surface area contributed by atoms with Gasteiger partial charge in [-0.05, 0) is 43.7 Å². The van der Waals surface area contributed by atoms with E-state index in [0.717, 1.165) is 40.6 Å². The van der Waals surface area contributed by atoms with Crippen molar-refractivity contribution in [1.82, 2.24) is 9.55 Å². The van der Waals surface area contributed by atoms with Crippen LogP contribution in [0.4, 0.5) is 0 Å². The van der Waals surface area contributed by atoms with Crippen molar-refractivity contribution < 1.29 is 4.74 Å². The van der Waals surface area contributed by atoms with Gasteiger partial charge < -0.3 is 9.30 Å². The summed E-state index contributed by atoms with van der Waals surface area (Å²) in [5, 5.41) is 0.732. The van der Waals surface area contributed by atoms with E-state index < -0.39 is 0 Å². The van der Waals surface area contributed by atoms with Crippen LogP contribution >= 0.6 is 11.6 Å². The summed E-state index contributed by atoms with van der Waals surface area (Å²) >= 11 is 6.12. The van der Waals surface area contributed by atoms with Crippen LogP contribution in [0.2, 0.25) is 5.02 Å². The Kier molecular flexibility index (Phi) is 4.34. The van der Waals surface area contributed by atoms with Crippen LogP contribution in [0.15, 0.2) is 42.5 Å². The van der Waals surface area contributed by atoms with Gasteiger partial charge in [-0.2, -0.15) is 0 Å². The monoisotopic (exact) mass is 314 g/mol. The van der Waals surface area contributed by atoms with Gasteiger partial charge in [-0.15, -0.1) is 0 Å². The fourth-order valence-corrected chi connectivity index (χ4v) is 2.68. The predicted octanol–water partition coefficient (Wildman–Crippen LogP) is 4.99.